The molecular weight excluding hydrogens is 458 g/mol. The predicted octanol–water partition coefficient (Wildman–Crippen LogP) is 2.59. The number of rotatable bonds is 5. The van der Waals surface area contributed by atoms with Crippen molar-refractivity contribution in [1.29, 1.82) is 0 Å². The van der Waals surface area contributed by atoms with E-state index in [-0.39, 0.29) is 45.9 Å². The molecule has 34 heavy (non-hydrogen) atoms. The highest BCUT2D eigenvalue weighted by atomic mass is 32.2. The lowest BCUT2D eigenvalue weighted by Crippen LogP contribution is -2.44. The number of carbonyl (C=O) groups excluding carboxylic acids is 1. The van der Waals surface area contributed by atoms with Crippen molar-refractivity contribution >= 4 is 21.6 Å². The average molecular weight is 492 g/mol. The van der Waals surface area contributed by atoms with Crippen molar-refractivity contribution in [1.82, 2.24) is 10.2 Å². The number of hydrogen-bond donors (Lipinski definition) is 2. The molecule has 2 N–H and O–H groups in total. The molecule has 2 aromatic carbocycles. The van der Waals surface area contributed by atoms with Crippen LogP contribution in [-0.4, -0.2) is 72.3 Å². The van der Waals surface area contributed by atoms with E-state index in [2.05, 4.69) is 17.0 Å². The van der Waals surface area contributed by atoms with Crippen molar-refractivity contribution in [2.45, 2.75) is 30.9 Å². The lowest BCUT2D eigenvalue weighted by Gasteiger charge is -2.30. The SMILES string of the molecule is COc1ccccc1S(=O)(=O)Nc1ccc2c(c1)C(=O)N(C)C[C@H](OC)[C@H](C)CN[C@H](C)CO2. The van der Waals surface area contributed by atoms with Gasteiger partial charge in [-0.25, -0.2) is 8.42 Å². The van der Waals surface area contributed by atoms with Gasteiger partial charge in [0.25, 0.3) is 15.9 Å². The Morgan fingerprint density at radius 2 is 1.88 bits per heavy atom. The lowest BCUT2D eigenvalue weighted by molar-refractivity contribution is 0.0281. The van der Waals surface area contributed by atoms with E-state index in [0.717, 1.165) is 6.54 Å². The number of anilines is 1. The van der Waals surface area contributed by atoms with E-state index in [1.807, 2.05) is 6.92 Å². The van der Waals surface area contributed by atoms with Crippen LogP contribution in [0, 0.1) is 5.92 Å². The summed E-state index contributed by atoms with van der Waals surface area (Å²) in [5, 5.41) is 3.43. The number of amides is 1. The minimum absolute atomic E-state index is 0.00165. The molecule has 1 aliphatic heterocycles. The predicted molar refractivity (Wildman–Crippen MR) is 130 cm³/mol. The second kappa shape index (κ2) is 11.1. The van der Waals surface area contributed by atoms with Crippen molar-refractivity contribution < 1.29 is 27.4 Å². The van der Waals surface area contributed by atoms with E-state index in [0.29, 0.717) is 18.9 Å². The summed E-state index contributed by atoms with van der Waals surface area (Å²) in [5.41, 5.74) is 0.503. The number of sulfonamides is 1. The number of fused-ring (bicyclic) bond motifs is 1. The Morgan fingerprint density at radius 3 is 2.59 bits per heavy atom. The first-order valence-corrected chi connectivity index (χ1v) is 12.6. The van der Waals surface area contributed by atoms with Gasteiger partial charge in [0, 0.05) is 39.0 Å². The number of nitrogens with zero attached hydrogens (tertiary/aromatic N) is 1. The molecule has 0 bridgehead atoms. The summed E-state index contributed by atoms with van der Waals surface area (Å²) in [4.78, 5) is 14.9. The molecule has 0 aromatic heterocycles. The van der Waals surface area contributed by atoms with Gasteiger partial charge >= 0.3 is 0 Å². The highest BCUT2D eigenvalue weighted by molar-refractivity contribution is 7.92. The minimum Gasteiger partial charge on any atom is -0.495 e. The fourth-order valence-corrected chi connectivity index (χ4v) is 5.00. The summed E-state index contributed by atoms with van der Waals surface area (Å²) in [7, 11) is 0.784. The first kappa shape index (κ1) is 25.8. The van der Waals surface area contributed by atoms with Gasteiger partial charge in [0.05, 0.1) is 18.8 Å². The summed E-state index contributed by atoms with van der Waals surface area (Å²) in [6.07, 6.45) is -0.162. The second-order valence-electron chi connectivity index (χ2n) is 8.52. The second-order valence-corrected chi connectivity index (χ2v) is 10.2. The van der Waals surface area contributed by atoms with Crippen molar-refractivity contribution in [3.63, 3.8) is 0 Å². The molecule has 0 unspecified atom stereocenters. The molecular formula is C24H33N3O6S. The van der Waals surface area contributed by atoms with Crippen LogP contribution < -0.4 is 19.5 Å². The first-order valence-electron chi connectivity index (χ1n) is 11.1. The molecule has 10 heteroatoms. The Hall–Kier alpha value is -2.82. The monoisotopic (exact) mass is 491 g/mol. The average Bonchev–Trinajstić information content (AvgIpc) is 2.83. The molecule has 0 spiro atoms. The maximum absolute atomic E-state index is 13.4. The van der Waals surface area contributed by atoms with Gasteiger partial charge in [-0.1, -0.05) is 19.1 Å². The van der Waals surface area contributed by atoms with E-state index in [9.17, 15) is 13.2 Å². The van der Waals surface area contributed by atoms with Crippen molar-refractivity contribution in [2.75, 3.05) is 45.7 Å². The molecule has 0 saturated heterocycles. The number of carbonyl (C=O) groups is 1. The Bertz CT molecular complexity index is 1110. The Kier molecular flexibility index (Phi) is 8.40. The van der Waals surface area contributed by atoms with E-state index < -0.39 is 10.0 Å². The molecule has 0 fully saturated rings. The topological polar surface area (TPSA) is 106 Å². The van der Waals surface area contributed by atoms with Gasteiger partial charge in [0.1, 0.15) is 23.0 Å². The summed E-state index contributed by atoms with van der Waals surface area (Å²) in [6, 6.07) is 11.1. The van der Waals surface area contributed by atoms with E-state index in [4.69, 9.17) is 14.2 Å². The molecule has 0 radical (unpaired) electrons. The van der Waals surface area contributed by atoms with Crippen molar-refractivity contribution in [2.24, 2.45) is 5.92 Å². The molecule has 1 heterocycles. The summed E-state index contributed by atoms with van der Waals surface area (Å²) in [5.74, 6) is 0.486. The molecule has 3 rings (SSSR count). The Balaban J connectivity index is 1.96. The van der Waals surface area contributed by atoms with Gasteiger partial charge in [0.2, 0.25) is 0 Å². The third kappa shape index (κ3) is 5.99. The highest BCUT2D eigenvalue weighted by Gasteiger charge is 2.26. The van der Waals surface area contributed by atoms with Crippen LogP contribution in [0.2, 0.25) is 0 Å². The van der Waals surface area contributed by atoms with Crippen LogP contribution in [-0.2, 0) is 14.8 Å². The largest absolute Gasteiger partial charge is 0.495 e. The Labute approximate surface area is 201 Å². The zero-order valence-electron chi connectivity index (χ0n) is 20.2. The Morgan fingerprint density at radius 1 is 1.15 bits per heavy atom. The minimum atomic E-state index is -3.95. The summed E-state index contributed by atoms with van der Waals surface area (Å²) >= 11 is 0. The van der Waals surface area contributed by atoms with Gasteiger partial charge in [-0.15, -0.1) is 0 Å². The van der Waals surface area contributed by atoms with Gasteiger partial charge in [-0.3, -0.25) is 9.52 Å². The number of nitrogens with one attached hydrogen (secondary N) is 2. The number of hydrogen-bond acceptors (Lipinski definition) is 7. The van der Waals surface area contributed by atoms with Crippen LogP contribution in [0.4, 0.5) is 5.69 Å². The third-order valence-corrected chi connectivity index (χ3v) is 7.26. The zero-order chi connectivity index (χ0) is 24.9. The zero-order valence-corrected chi connectivity index (χ0v) is 21.0. The molecule has 186 valence electrons. The quantitative estimate of drug-likeness (QED) is 0.662. The van der Waals surface area contributed by atoms with Crippen LogP contribution >= 0.6 is 0 Å². The number of methoxy groups -OCH3 is 2. The van der Waals surface area contributed by atoms with E-state index >= 15 is 0 Å². The first-order chi connectivity index (χ1) is 16.2. The van der Waals surface area contributed by atoms with Gasteiger partial charge in [-0.2, -0.15) is 0 Å². The van der Waals surface area contributed by atoms with Gasteiger partial charge in [0.15, 0.2) is 0 Å². The van der Waals surface area contributed by atoms with Crippen LogP contribution in [0.3, 0.4) is 0 Å². The van der Waals surface area contributed by atoms with E-state index in [1.54, 1.807) is 49.4 Å². The van der Waals surface area contributed by atoms with Crippen LogP contribution in [0.5, 0.6) is 11.5 Å². The smallest absolute Gasteiger partial charge is 0.265 e. The van der Waals surface area contributed by atoms with Crippen molar-refractivity contribution in [3.8, 4) is 11.5 Å². The molecule has 1 amide bonds. The van der Waals surface area contributed by atoms with E-state index in [1.165, 1.54) is 19.2 Å². The molecule has 1 aliphatic rings. The number of ether oxygens (including phenoxy) is 3. The molecule has 0 saturated carbocycles. The molecule has 0 aliphatic carbocycles. The summed E-state index contributed by atoms with van der Waals surface area (Å²) < 4.78 is 45.4. The number of para-hydroxylation sites is 1. The molecule has 9 nitrogen and oxygen atoms in total. The third-order valence-electron chi connectivity index (χ3n) is 5.84. The molecule has 2 aromatic rings. The van der Waals surface area contributed by atoms with Crippen LogP contribution in [0.1, 0.15) is 24.2 Å². The fraction of sp³-hybridized carbons (Fsp3) is 0.458. The van der Waals surface area contributed by atoms with Gasteiger partial charge < -0.3 is 24.4 Å². The van der Waals surface area contributed by atoms with Crippen LogP contribution in [0.15, 0.2) is 47.4 Å². The highest BCUT2D eigenvalue weighted by Crippen LogP contribution is 2.29. The lowest BCUT2D eigenvalue weighted by atomic mass is 10.0. The standard InChI is InChI=1S/C24H33N3O6S/c1-16-13-25-17(2)15-33-20-11-10-18(12-19(20)24(28)27(3)14-22(16)32-5)26-34(29,30)23-9-7-6-8-21(23)31-4/h6-12,16-17,22,25-26H,13-15H2,1-5H3/t16-,17-,22+/m1/s1. The maximum Gasteiger partial charge on any atom is 0.265 e. The van der Waals surface area contributed by atoms with Gasteiger partial charge in [-0.05, 0) is 43.2 Å². The maximum atomic E-state index is 13.4. The molecule has 3 atom stereocenters. The fourth-order valence-electron chi connectivity index (χ4n) is 3.77. The number of benzene rings is 2. The summed E-state index contributed by atoms with van der Waals surface area (Å²) in [6.45, 7) is 5.52. The van der Waals surface area contributed by atoms with Crippen LogP contribution in [0.25, 0.3) is 0 Å². The van der Waals surface area contributed by atoms with Crippen molar-refractivity contribution in [3.05, 3.63) is 48.0 Å². The normalized spacial score (nSPS) is 22.1. The number of likely N-dealkylation sites (N-methyl/N-ethyl adjacent to an activating group) is 1.